The Bertz CT molecular complexity index is 3550. The molecule has 3 aromatic carbocycles. The summed E-state index contributed by atoms with van der Waals surface area (Å²) in [5.74, 6) is 0.939. The molecule has 37 nitrogen and oxygen atoms in total. The first-order valence-electron chi connectivity index (χ1n) is 41.3. The number of nitrogens with one attached hydrogen (secondary N) is 8. The molecule has 0 aromatic heterocycles. The molecule has 23 N–H and O–H groups in total. The minimum atomic E-state index is -1.24. The molecule has 23 atom stereocenters. The number of benzene rings is 3. The van der Waals surface area contributed by atoms with E-state index in [-0.39, 0.29) is 101 Å². The van der Waals surface area contributed by atoms with Crippen LogP contribution in [0.1, 0.15) is 116 Å². The van der Waals surface area contributed by atoms with Crippen LogP contribution in [-0.2, 0) is 53.2 Å². The van der Waals surface area contributed by atoms with Crippen molar-refractivity contribution in [1.82, 2.24) is 71.9 Å². The quantitative estimate of drug-likeness (QED) is 0.0277. The van der Waals surface area contributed by atoms with Crippen molar-refractivity contribution in [2.45, 2.75) is 254 Å². The fourth-order valence-corrected chi connectivity index (χ4v) is 18.1. The van der Waals surface area contributed by atoms with E-state index >= 15 is 0 Å². The molecule has 38 heteroatoms. The molecule has 7 fully saturated rings. The van der Waals surface area contributed by atoms with Crippen molar-refractivity contribution in [2.24, 2.45) is 5.92 Å². The maximum atomic E-state index is 12.3. The highest BCUT2D eigenvalue weighted by Crippen LogP contribution is 2.40. The number of thioether (sulfide) groups is 1. The fourth-order valence-electron chi connectivity index (χ4n) is 16.4. The number of unbranched alkanes of at least 4 members (excludes halogenated alkanes) is 1. The van der Waals surface area contributed by atoms with Crippen LogP contribution < -0.4 is 47.3 Å². The van der Waals surface area contributed by atoms with Gasteiger partial charge >= 0.3 is 0 Å². The number of piperidine rings is 5. The summed E-state index contributed by atoms with van der Waals surface area (Å²) in [7, 11) is 1.63. The van der Waals surface area contributed by atoms with Gasteiger partial charge in [0, 0.05) is 118 Å². The van der Waals surface area contributed by atoms with E-state index in [2.05, 4.69) is 71.7 Å². The van der Waals surface area contributed by atoms with Crippen LogP contribution in [0.2, 0.25) is 0 Å². The lowest BCUT2D eigenvalue weighted by atomic mass is 9.92. The number of rotatable bonds is 30. The number of aliphatic hydroxyl groups is 15. The third-order valence-electron chi connectivity index (χ3n) is 23.0. The molecule has 0 radical (unpaired) electrons. The van der Waals surface area contributed by atoms with Gasteiger partial charge in [-0.25, -0.2) is 0 Å². The Morgan fingerprint density at radius 2 is 0.810 bits per heavy atom. The van der Waals surface area contributed by atoms with Crippen molar-refractivity contribution in [2.75, 3.05) is 112 Å². The van der Waals surface area contributed by atoms with Crippen LogP contribution in [0.4, 0.5) is 0 Å². The van der Waals surface area contributed by atoms with E-state index in [4.69, 9.17) is 14.9 Å². The molecule has 7 amide bonds. The summed E-state index contributed by atoms with van der Waals surface area (Å²) in [5.41, 5.74) is 5.76. The number of hydrogen-bond acceptors (Lipinski definition) is 31. The lowest BCUT2D eigenvalue weighted by Crippen LogP contribution is -2.67. The smallest absolute Gasteiger partial charge is 0.220 e. The number of aryl methyl sites for hydroxylation is 2. The topological polar surface area (TPSA) is 548 Å². The van der Waals surface area contributed by atoms with Gasteiger partial charge in [-0.1, -0.05) is 99.5 Å². The predicted octanol–water partition coefficient (Wildman–Crippen LogP) is -5.59. The highest BCUT2D eigenvalue weighted by Gasteiger charge is 2.48. The maximum absolute atomic E-state index is 12.3. The number of carbonyl (C=O) groups is 7. The fraction of sp³-hybridized carbons (Fsp3) is 0.699. The number of likely N-dealkylation sites (tertiary alicyclic amines) is 5. The molecule has 686 valence electrons. The van der Waals surface area contributed by atoms with Crippen LogP contribution in [0.5, 0.6) is 5.75 Å². The Morgan fingerprint density at radius 3 is 1.17 bits per heavy atom. The second-order valence-corrected chi connectivity index (χ2v) is 33.4. The average Bonchev–Trinajstić information content (AvgIpc) is 1.78. The minimum absolute atomic E-state index is 0. The Kier molecular flexibility index (Phi) is 45.2. The summed E-state index contributed by atoms with van der Waals surface area (Å²) < 4.78 is 5.26. The second kappa shape index (κ2) is 52.2. The highest BCUT2D eigenvalue weighted by molar-refractivity contribution is 8.00. The van der Waals surface area contributed by atoms with Gasteiger partial charge in [-0.2, -0.15) is 11.8 Å². The molecule has 0 aliphatic carbocycles. The third kappa shape index (κ3) is 31.7. The molecule has 3 aromatic rings. The standard InChI is InChI=1S/C25H35N3O5.C20H34N4O6S.C17H27N3O4.2C10H20N2O4.CH4/c1-17-4-6-19(7-5-17)12-27(13-20-8-10-21(33-3)11-9-20)16-28-14-22(26-18(2)30)24(31)25(32)23(28)15-29;1-11(26)22-13-7-24(14(8-25)20(30)19(13)29)10-21-16(27)5-3-2-4-15-18-12(9-31-15)6-17(28)23-18;1-11-3-5-13(6-4-11)7-18-10-20-8-14(19-12(2)22)16(23)17(24)15(20)9-21;2*1-3-12-4-7(11-6(2)14)9(15)10(16)8(12)5-13;/h4-11,22-25,29,31-32H,12-16H2,1-3H3,(H,26,30);12-15,18-20,25,29-30H,2-10H2,1H3,(H,21,27)(H,22,26)(H,23,28);3-6,14-18,21,23-24H,7-10H2,1-2H3,(H,19,22);2*7-10,13,15-16H,3-5H2,1-2H3,(H,11,14);1H4/t22?,23?,24-,25-;12?,13?,14?,15?,18?,19-,20-;14?,15?,16-,17-;2*7?,8?,9-,10-;/m11111./s1. The molecule has 0 spiro atoms. The Morgan fingerprint density at radius 1 is 0.471 bits per heavy atom. The van der Waals surface area contributed by atoms with Gasteiger partial charge in [0.15, 0.2) is 0 Å². The molecule has 0 bridgehead atoms. The van der Waals surface area contributed by atoms with E-state index in [0.29, 0.717) is 96.2 Å². The number of hydrogen-bond donors (Lipinski definition) is 23. The first-order chi connectivity index (χ1) is 57.0. The molecular formula is C83H140N14O23S. The van der Waals surface area contributed by atoms with Crippen molar-refractivity contribution >= 4 is 53.1 Å². The van der Waals surface area contributed by atoms with Gasteiger partial charge in [0.2, 0.25) is 41.4 Å². The predicted molar refractivity (Wildman–Crippen MR) is 453 cm³/mol. The number of aliphatic hydroxyl groups excluding tert-OH is 15. The van der Waals surface area contributed by atoms with Gasteiger partial charge < -0.3 is 124 Å². The van der Waals surface area contributed by atoms with Crippen LogP contribution in [0.25, 0.3) is 0 Å². The van der Waals surface area contributed by atoms with Gasteiger partial charge in [-0.05, 0) is 80.3 Å². The zero-order valence-corrected chi connectivity index (χ0v) is 71.6. The number of carbonyl (C=O) groups excluding carboxylic acids is 7. The van der Waals surface area contributed by atoms with Gasteiger partial charge in [-0.15, -0.1) is 0 Å². The Hall–Kier alpha value is -6.78. The van der Waals surface area contributed by atoms with Crippen molar-refractivity contribution in [3.8, 4) is 5.75 Å². The number of methoxy groups -OCH3 is 1. The largest absolute Gasteiger partial charge is 0.497 e. The normalized spacial score (nSPS) is 30.6. The lowest BCUT2D eigenvalue weighted by molar-refractivity contribution is -0.133. The van der Waals surface area contributed by atoms with Gasteiger partial charge in [0.1, 0.15) is 36.3 Å². The molecule has 121 heavy (non-hydrogen) atoms. The van der Waals surface area contributed by atoms with Crippen LogP contribution in [0.3, 0.4) is 0 Å². The average molecular weight is 1730 g/mol. The molecule has 7 saturated heterocycles. The summed E-state index contributed by atoms with van der Waals surface area (Å²) in [4.78, 5) is 91.2. The molecule has 13 unspecified atom stereocenters. The number of likely N-dealkylation sites (N-methyl/N-ethyl adjacent to an activating group) is 2. The first kappa shape index (κ1) is 105. The Balaban J connectivity index is 0.000000276. The summed E-state index contributed by atoms with van der Waals surface area (Å²) in [6.45, 7) is 19.3. The monoisotopic (exact) mass is 1730 g/mol. The molecule has 7 aliphatic heterocycles. The van der Waals surface area contributed by atoms with Crippen molar-refractivity contribution in [1.29, 1.82) is 0 Å². The van der Waals surface area contributed by atoms with Crippen LogP contribution >= 0.6 is 11.8 Å². The second-order valence-electron chi connectivity index (χ2n) is 32.1. The maximum Gasteiger partial charge on any atom is 0.220 e. The lowest BCUT2D eigenvalue weighted by Gasteiger charge is -2.46. The van der Waals surface area contributed by atoms with Crippen LogP contribution in [0.15, 0.2) is 72.8 Å². The summed E-state index contributed by atoms with van der Waals surface area (Å²) in [6, 6.07) is 18.9. The first-order valence-corrected chi connectivity index (χ1v) is 42.3. The zero-order valence-electron chi connectivity index (χ0n) is 70.7. The number of fused-ring (bicyclic) bond motifs is 1. The van der Waals surface area contributed by atoms with Crippen molar-refractivity contribution in [3.05, 3.63) is 101 Å². The van der Waals surface area contributed by atoms with Gasteiger partial charge in [-0.3, -0.25) is 63.0 Å². The van der Waals surface area contributed by atoms with Crippen molar-refractivity contribution < 1.29 is 115 Å². The van der Waals surface area contributed by atoms with E-state index < -0.39 is 121 Å². The van der Waals surface area contributed by atoms with E-state index in [1.54, 1.807) is 12.0 Å². The SMILES string of the molecule is C.CC(=O)NC1CN(CNC(=O)CCCCC2SCC3CC(=O)NC32)C(CO)[C@@H](O)[C@@H]1O.CC(=O)NC1CN(CNCc2ccc(C)cc2)C(CO)[C@@H](O)[C@@H]1O.CCN1CC(NC(C)=O)[C@@H](O)[C@H](O)C1CO.CCN1CC(NC(C)=O)[C@@H](O)[C@H](O)C1CO.COc1ccc(CN(Cc2ccc(C)cc2)CN2CC(NC(C)=O)[C@@H](O)[C@H](O)C2CO)cc1. The van der Waals surface area contributed by atoms with E-state index in [9.17, 15) is 99.9 Å². The zero-order chi connectivity index (χ0) is 88.8. The van der Waals surface area contributed by atoms with Gasteiger partial charge in [0.05, 0.1) is 144 Å². The number of nitrogens with zero attached hydrogens (tertiary/aromatic N) is 6. The molecule has 10 rings (SSSR count). The summed E-state index contributed by atoms with van der Waals surface area (Å²) >= 11 is 1.91. The van der Waals surface area contributed by atoms with E-state index in [1.165, 1.54) is 45.7 Å². The van der Waals surface area contributed by atoms with Gasteiger partial charge in [0.25, 0.3) is 0 Å². The van der Waals surface area contributed by atoms with E-state index in [0.717, 1.165) is 47.5 Å². The summed E-state index contributed by atoms with van der Waals surface area (Å²) in [6.07, 6.45) is -7.51. The van der Waals surface area contributed by atoms with Crippen LogP contribution in [0, 0.1) is 19.8 Å². The highest BCUT2D eigenvalue weighted by atomic mass is 32.2. The van der Waals surface area contributed by atoms with Crippen LogP contribution in [-0.4, -0.2) is 392 Å². The summed E-state index contributed by atoms with van der Waals surface area (Å²) in [5, 5.41) is 171. The van der Waals surface area contributed by atoms with E-state index in [1.807, 2.05) is 108 Å². The Labute approximate surface area is 714 Å². The number of ether oxygens (including phenoxy) is 1. The minimum Gasteiger partial charge on any atom is -0.497 e. The molecule has 7 aliphatic rings. The molecule has 7 heterocycles. The third-order valence-corrected chi connectivity index (χ3v) is 24.6. The van der Waals surface area contributed by atoms with Crippen molar-refractivity contribution in [3.63, 3.8) is 0 Å². The number of amides is 7. The molecular weight excluding hydrogens is 1590 g/mol. The molecule has 0 saturated carbocycles.